The molecule has 1 rings (SSSR count). The zero-order valence-corrected chi connectivity index (χ0v) is 9.78. The molecular formula is C10H14BrNO2. The number of aliphatic hydroxyl groups is 1. The maximum atomic E-state index is 9.81. The van der Waals surface area contributed by atoms with Crippen molar-refractivity contribution in [3.05, 3.63) is 28.2 Å². The molecule has 1 aromatic carbocycles. The molecule has 0 saturated carbocycles. The number of hydrogen-bond donors (Lipinski definition) is 2. The Labute approximate surface area is 92.0 Å². The van der Waals surface area contributed by atoms with E-state index in [9.17, 15) is 5.11 Å². The van der Waals surface area contributed by atoms with Gasteiger partial charge < -0.3 is 15.6 Å². The van der Waals surface area contributed by atoms with E-state index in [0.29, 0.717) is 11.3 Å². The summed E-state index contributed by atoms with van der Waals surface area (Å²) in [5.74, 6) is 0.636. The largest absolute Gasteiger partial charge is 0.495 e. The monoisotopic (exact) mass is 259 g/mol. The molecule has 0 aliphatic carbocycles. The van der Waals surface area contributed by atoms with Gasteiger partial charge in [-0.05, 0) is 28.9 Å². The lowest BCUT2D eigenvalue weighted by Gasteiger charge is -2.18. The van der Waals surface area contributed by atoms with E-state index in [1.165, 1.54) is 0 Å². The number of nitrogens with two attached hydrogens (primary N) is 1. The molecule has 2 atom stereocenters. The van der Waals surface area contributed by atoms with Gasteiger partial charge in [0.2, 0.25) is 0 Å². The third-order valence-corrected chi connectivity index (χ3v) is 2.64. The maximum absolute atomic E-state index is 9.81. The van der Waals surface area contributed by atoms with Gasteiger partial charge in [0.15, 0.2) is 0 Å². The minimum Gasteiger partial charge on any atom is -0.495 e. The first-order valence-electron chi connectivity index (χ1n) is 4.34. The molecule has 0 bridgehead atoms. The minimum atomic E-state index is -0.706. The van der Waals surface area contributed by atoms with Gasteiger partial charge in [-0.15, -0.1) is 0 Å². The Kier molecular flexibility index (Phi) is 3.92. The van der Waals surface area contributed by atoms with E-state index < -0.39 is 6.10 Å². The number of ether oxygens (including phenoxy) is 1. The summed E-state index contributed by atoms with van der Waals surface area (Å²) in [4.78, 5) is 0. The number of aliphatic hydroxyl groups excluding tert-OH is 1. The van der Waals surface area contributed by atoms with Gasteiger partial charge in [0.25, 0.3) is 0 Å². The Balaban J connectivity index is 3.13. The number of rotatable bonds is 3. The average Bonchev–Trinajstić information content (AvgIpc) is 2.16. The molecule has 0 heterocycles. The summed E-state index contributed by atoms with van der Waals surface area (Å²) in [5, 5.41) is 9.81. The van der Waals surface area contributed by atoms with Crippen molar-refractivity contribution in [2.24, 2.45) is 5.73 Å². The van der Waals surface area contributed by atoms with Gasteiger partial charge in [0, 0.05) is 11.6 Å². The number of halogens is 1. The van der Waals surface area contributed by atoms with Crippen molar-refractivity contribution < 1.29 is 9.84 Å². The lowest BCUT2D eigenvalue weighted by Crippen LogP contribution is -2.24. The first kappa shape index (κ1) is 11.5. The van der Waals surface area contributed by atoms with Crippen molar-refractivity contribution in [2.45, 2.75) is 19.1 Å². The molecule has 0 saturated heterocycles. The van der Waals surface area contributed by atoms with E-state index in [2.05, 4.69) is 15.9 Å². The summed E-state index contributed by atoms with van der Waals surface area (Å²) in [6.45, 7) is 1.75. The first-order valence-corrected chi connectivity index (χ1v) is 5.13. The van der Waals surface area contributed by atoms with Crippen LogP contribution in [-0.2, 0) is 0 Å². The number of methoxy groups -OCH3 is 1. The van der Waals surface area contributed by atoms with Crippen molar-refractivity contribution in [3.8, 4) is 5.75 Å². The van der Waals surface area contributed by atoms with E-state index in [1.54, 1.807) is 20.1 Å². The van der Waals surface area contributed by atoms with Crippen LogP contribution in [0.25, 0.3) is 0 Å². The van der Waals surface area contributed by atoms with E-state index in [0.717, 1.165) is 4.47 Å². The van der Waals surface area contributed by atoms with Gasteiger partial charge in [-0.1, -0.05) is 12.1 Å². The van der Waals surface area contributed by atoms with Crippen LogP contribution >= 0.6 is 15.9 Å². The number of para-hydroxylation sites is 1. The van der Waals surface area contributed by atoms with Crippen LogP contribution in [0.2, 0.25) is 0 Å². The van der Waals surface area contributed by atoms with Gasteiger partial charge in [0.05, 0.1) is 17.7 Å². The van der Waals surface area contributed by atoms with Gasteiger partial charge in [-0.3, -0.25) is 0 Å². The molecular weight excluding hydrogens is 246 g/mol. The lowest BCUT2D eigenvalue weighted by molar-refractivity contribution is 0.149. The minimum absolute atomic E-state index is 0.321. The maximum Gasteiger partial charge on any atom is 0.138 e. The highest BCUT2D eigenvalue weighted by atomic mass is 79.9. The van der Waals surface area contributed by atoms with Crippen LogP contribution in [0.5, 0.6) is 5.75 Å². The molecule has 0 fully saturated rings. The van der Waals surface area contributed by atoms with E-state index in [-0.39, 0.29) is 6.04 Å². The number of hydrogen-bond acceptors (Lipinski definition) is 3. The first-order chi connectivity index (χ1) is 6.57. The smallest absolute Gasteiger partial charge is 0.138 e. The molecule has 4 heteroatoms. The quantitative estimate of drug-likeness (QED) is 0.871. The zero-order valence-electron chi connectivity index (χ0n) is 8.20. The summed E-state index contributed by atoms with van der Waals surface area (Å²) in [7, 11) is 1.57. The molecule has 0 amide bonds. The molecule has 0 aliphatic rings. The van der Waals surface area contributed by atoms with Crippen LogP contribution < -0.4 is 10.5 Å². The molecule has 3 nitrogen and oxygen atoms in total. The van der Waals surface area contributed by atoms with Crippen molar-refractivity contribution in [3.63, 3.8) is 0 Å². The zero-order chi connectivity index (χ0) is 10.7. The van der Waals surface area contributed by atoms with Crippen LogP contribution in [-0.4, -0.2) is 18.3 Å². The summed E-state index contributed by atoms with van der Waals surface area (Å²) in [6, 6.07) is 5.18. The predicted molar refractivity (Wildman–Crippen MR) is 59.3 cm³/mol. The third-order valence-electron chi connectivity index (χ3n) is 2.02. The fourth-order valence-electron chi connectivity index (χ4n) is 1.26. The summed E-state index contributed by atoms with van der Waals surface area (Å²) < 4.78 is 6.00. The molecule has 3 N–H and O–H groups in total. The lowest BCUT2D eigenvalue weighted by atomic mass is 10.0. The summed E-state index contributed by atoms with van der Waals surface area (Å²) >= 11 is 3.35. The second-order valence-electron chi connectivity index (χ2n) is 3.17. The molecule has 0 aliphatic heterocycles. The number of benzene rings is 1. The highest BCUT2D eigenvalue weighted by molar-refractivity contribution is 9.10. The summed E-state index contributed by atoms with van der Waals surface area (Å²) in [5.41, 5.74) is 6.33. The Hall–Kier alpha value is -0.580. The van der Waals surface area contributed by atoms with Crippen molar-refractivity contribution in [1.82, 2.24) is 0 Å². The normalized spacial score (nSPS) is 14.9. The SMILES string of the molecule is COc1c(Br)cccc1C(O)C(C)N. The molecule has 14 heavy (non-hydrogen) atoms. The summed E-state index contributed by atoms with van der Waals surface area (Å²) in [6.07, 6.45) is -0.706. The fourth-order valence-corrected chi connectivity index (χ4v) is 1.80. The van der Waals surface area contributed by atoms with Gasteiger partial charge in [0.1, 0.15) is 5.75 Å². The van der Waals surface area contributed by atoms with Crippen LogP contribution in [0.1, 0.15) is 18.6 Å². The van der Waals surface area contributed by atoms with Gasteiger partial charge >= 0.3 is 0 Å². The van der Waals surface area contributed by atoms with Crippen LogP contribution in [0.15, 0.2) is 22.7 Å². The molecule has 0 spiro atoms. The van der Waals surface area contributed by atoms with E-state index in [1.807, 2.05) is 12.1 Å². The van der Waals surface area contributed by atoms with E-state index >= 15 is 0 Å². The standard InChI is InChI=1S/C10H14BrNO2/c1-6(12)9(13)7-4-3-5-8(11)10(7)14-2/h3-6,9,13H,12H2,1-2H3. The Morgan fingerprint density at radius 1 is 1.50 bits per heavy atom. The van der Waals surface area contributed by atoms with Crippen molar-refractivity contribution in [1.29, 1.82) is 0 Å². The molecule has 2 unspecified atom stereocenters. The molecule has 0 aromatic heterocycles. The fraction of sp³-hybridized carbons (Fsp3) is 0.400. The highest BCUT2D eigenvalue weighted by Crippen LogP contribution is 2.33. The van der Waals surface area contributed by atoms with Crippen LogP contribution in [0, 0.1) is 0 Å². The molecule has 0 radical (unpaired) electrons. The predicted octanol–water partition coefficient (Wildman–Crippen LogP) is 1.84. The third kappa shape index (κ3) is 2.26. The van der Waals surface area contributed by atoms with Crippen molar-refractivity contribution >= 4 is 15.9 Å². The highest BCUT2D eigenvalue weighted by Gasteiger charge is 2.18. The average molecular weight is 260 g/mol. The van der Waals surface area contributed by atoms with Crippen LogP contribution in [0.3, 0.4) is 0 Å². The van der Waals surface area contributed by atoms with Gasteiger partial charge in [-0.25, -0.2) is 0 Å². The Morgan fingerprint density at radius 2 is 2.14 bits per heavy atom. The van der Waals surface area contributed by atoms with Crippen molar-refractivity contribution in [2.75, 3.05) is 7.11 Å². The molecule has 78 valence electrons. The Bertz CT molecular complexity index is 315. The van der Waals surface area contributed by atoms with Crippen LogP contribution in [0.4, 0.5) is 0 Å². The second kappa shape index (κ2) is 4.77. The molecule has 1 aromatic rings. The van der Waals surface area contributed by atoms with E-state index in [4.69, 9.17) is 10.5 Å². The topological polar surface area (TPSA) is 55.5 Å². The second-order valence-corrected chi connectivity index (χ2v) is 4.02. The Morgan fingerprint density at radius 3 is 2.64 bits per heavy atom. The van der Waals surface area contributed by atoms with Gasteiger partial charge in [-0.2, -0.15) is 0 Å².